The highest BCUT2D eigenvalue weighted by atomic mass is 19.4. The van der Waals surface area contributed by atoms with Crippen molar-refractivity contribution in [2.75, 3.05) is 12.4 Å². The highest BCUT2D eigenvalue weighted by Crippen LogP contribution is 2.51. The molecule has 1 fully saturated rings. The first-order chi connectivity index (χ1) is 15.1. The second-order valence-corrected chi connectivity index (χ2v) is 8.11. The molecule has 1 N–H and O–H groups in total. The van der Waals surface area contributed by atoms with E-state index in [-0.39, 0.29) is 5.56 Å². The van der Waals surface area contributed by atoms with Gasteiger partial charge in [0.05, 0.1) is 35.6 Å². The molecular formula is C23H22F3N5O. The van der Waals surface area contributed by atoms with Gasteiger partial charge in [-0.3, -0.25) is 0 Å². The Kier molecular flexibility index (Phi) is 5.19. The number of nitriles is 1. The van der Waals surface area contributed by atoms with Crippen molar-refractivity contribution in [1.29, 1.82) is 5.26 Å². The first-order valence-corrected chi connectivity index (χ1v) is 10.2. The molecule has 1 atom stereocenters. The Hall–Kier alpha value is -3.41. The normalized spacial score (nSPS) is 15.8. The molecule has 0 radical (unpaired) electrons. The van der Waals surface area contributed by atoms with Crippen molar-refractivity contribution in [2.45, 2.75) is 51.2 Å². The van der Waals surface area contributed by atoms with Gasteiger partial charge in [-0.15, -0.1) is 0 Å². The minimum absolute atomic E-state index is 0.164. The van der Waals surface area contributed by atoms with E-state index in [0.717, 1.165) is 6.07 Å². The number of halogens is 3. The topological polar surface area (TPSA) is 83.7 Å². The van der Waals surface area contributed by atoms with Crippen LogP contribution in [0.2, 0.25) is 0 Å². The van der Waals surface area contributed by atoms with Crippen LogP contribution in [0.5, 0.6) is 5.88 Å². The summed E-state index contributed by atoms with van der Waals surface area (Å²) in [5.74, 6) is 1.25. The van der Waals surface area contributed by atoms with E-state index >= 15 is 0 Å². The molecule has 0 saturated heterocycles. The number of methoxy groups -OCH3 is 1. The third kappa shape index (κ3) is 3.70. The molecule has 0 spiro atoms. The molecule has 2 heterocycles. The quantitative estimate of drug-likeness (QED) is 0.571. The van der Waals surface area contributed by atoms with E-state index in [0.29, 0.717) is 52.5 Å². The van der Waals surface area contributed by atoms with E-state index in [2.05, 4.69) is 26.3 Å². The second-order valence-electron chi connectivity index (χ2n) is 8.11. The summed E-state index contributed by atoms with van der Waals surface area (Å²) in [4.78, 5) is 13.4. The van der Waals surface area contributed by atoms with Gasteiger partial charge in [-0.05, 0) is 56.9 Å². The van der Waals surface area contributed by atoms with E-state index in [4.69, 9.17) is 4.74 Å². The van der Waals surface area contributed by atoms with Crippen LogP contribution in [-0.4, -0.2) is 22.1 Å². The number of nitrogens with one attached hydrogen (secondary N) is 1. The Labute approximate surface area is 183 Å². The average Bonchev–Trinajstić information content (AvgIpc) is 3.53. The summed E-state index contributed by atoms with van der Waals surface area (Å²) in [5.41, 5.74) is 0.442. The number of nitrogens with zero attached hydrogens (tertiary/aromatic N) is 4. The number of ether oxygens (including phenoxy) is 1. The molecule has 0 unspecified atom stereocenters. The number of anilines is 1. The van der Waals surface area contributed by atoms with Crippen molar-refractivity contribution in [1.82, 2.24) is 15.0 Å². The first-order valence-electron chi connectivity index (χ1n) is 10.2. The van der Waals surface area contributed by atoms with Gasteiger partial charge in [0, 0.05) is 5.56 Å². The fourth-order valence-electron chi connectivity index (χ4n) is 4.03. The Morgan fingerprint density at radius 3 is 2.50 bits per heavy atom. The Balaban J connectivity index is 1.80. The van der Waals surface area contributed by atoms with Crippen LogP contribution in [-0.2, 0) is 11.6 Å². The summed E-state index contributed by atoms with van der Waals surface area (Å²) in [6.45, 7) is 4.96. The molecule has 0 aliphatic heterocycles. The van der Waals surface area contributed by atoms with Crippen molar-refractivity contribution in [3.8, 4) is 11.9 Å². The van der Waals surface area contributed by atoms with Gasteiger partial charge in [0.2, 0.25) is 5.88 Å². The maximum absolute atomic E-state index is 13.4. The van der Waals surface area contributed by atoms with Crippen molar-refractivity contribution in [2.24, 2.45) is 0 Å². The molecular weight excluding hydrogens is 419 g/mol. The summed E-state index contributed by atoms with van der Waals surface area (Å²) >= 11 is 0. The number of aryl methyl sites for hydroxylation is 1. The fourth-order valence-corrected chi connectivity index (χ4v) is 4.03. The number of aromatic nitrogens is 3. The zero-order valence-corrected chi connectivity index (χ0v) is 18.1. The van der Waals surface area contributed by atoms with Gasteiger partial charge in [0.1, 0.15) is 11.6 Å². The molecule has 1 aromatic carbocycles. The van der Waals surface area contributed by atoms with Crippen LogP contribution in [0.3, 0.4) is 0 Å². The van der Waals surface area contributed by atoms with Crippen LogP contribution < -0.4 is 10.1 Å². The molecule has 32 heavy (non-hydrogen) atoms. The third-order valence-electron chi connectivity index (χ3n) is 5.94. The van der Waals surface area contributed by atoms with Gasteiger partial charge in [0.25, 0.3) is 0 Å². The highest BCUT2D eigenvalue weighted by Gasteiger charge is 2.47. The van der Waals surface area contributed by atoms with Crippen molar-refractivity contribution in [3.63, 3.8) is 0 Å². The van der Waals surface area contributed by atoms with Gasteiger partial charge in [0.15, 0.2) is 5.65 Å². The molecule has 1 saturated carbocycles. The lowest BCUT2D eigenvalue weighted by atomic mass is 9.96. The van der Waals surface area contributed by atoms with E-state index in [9.17, 15) is 18.4 Å². The second kappa shape index (κ2) is 7.62. The van der Waals surface area contributed by atoms with Crippen LogP contribution in [0.15, 0.2) is 24.3 Å². The molecule has 1 aliphatic carbocycles. The molecule has 0 bridgehead atoms. The summed E-state index contributed by atoms with van der Waals surface area (Å²) in [5, 5.41) is 13.5. The largest absolute Gasteiger partial charge is 0.481 e. The Morgan fingerprint density at radius 2 is 1.91 bits per heavy atom. The standard InChI is InChI=1S/C23H22F3N5O/c1-12-15(6-5-7-17(12)23(24,25)26)13(2)28-19-16-10-18(22(11-27)8-9-22)21(32-4)31-20(16)30-14(3)29-19/h5-7,10,13H,8-9H2,1-4H3,(H,28,29,30,31)/t13-/m1/s1. The number of hydrogen-bond donors (Lipinski definition) is 1. The molecule has 0 amide bonds. The van der Waals surface area contributed by atoms with Gasteiger partial charge in [-0.25, -0.2) is 9.97 Å². The van der Waals surface area contributed by atoms with Gasteiger partial charge >= 0.3 is 6.18 Å². The zero-order chi connectivity index (χ0) is 23.3. The smallest absolute Gasteiger partial charge is 0.416 e. The lowest BCUT2D eigenvalue weighted by molar-refractivity contribution is -0.138. The molecule has 166 valence electrons. The van der Waals surface area contributed by atoms with Gasteiger partial charge in [-0.1, -0.05) is 12.1 Å². The van der Waals surface area contributed by atoms with E-state index in [1.165, 1.54) is 20.1 Å². The van der Waals surface area contributed by atoms with Crippen LogP contribution in [0, 0.1) is 25.2 Å². The zero-order valence-electron chi connectivity index (χ0n) is 18.1. The maximum atomic E-state index is 13.4. The Bertz CT molecular complexity index is 1250. The highest BCUT2D eigenvalue weighted by molar-refractivity contribution is 5.88. The maximum Gasteiger partial charge on any atom is 0.416 e. The van der Waals surface area contributed by atoms with Crippen LogP contribution >= 0.6 is 0 Å². The number of benzene rings is 1. The molecule has 9 heteroatoms. The molecule has 3 aromatic rings. The van der Waals surface area contributed by atoms with Crippen molar-refractivity contribution >= 4 is 16.9 Å². The minimum Gasteiger partial charge on any atom is -0.481 e. The van der Waals surface area contributed by atoms with Crippen molar-refractivity contribution < 1.29 is 17.9 Å². The first kappa shape index (κ1) is 21.8. The van der Waals surface area contributed by atoms with Gasteiger partial charge in [-0.2, -0.15) is 23.4 Å². The molecule has 1 aliphatic rings. The summed E-state index contributed by atoms with van der Waals surface area (Å²) in [6.07, 6.45) is -3.01. The molecule has 2 aromatic heterocycles. The average molecular weight is 441 g/mol. The van der Waals surface area contributed by atoms with E-state index in [1.54, 1.807) is 19.9 Å². The molecule has 4 rings (SSSR count). The van der Waals surface area contributed by atoms with E-state index in [1.807, 2.05) is 6.07 Å². The van der Waals surface area contributed by atoms with Crippen LogP contribution in [0.4, 0.5) is 19.0 Å². The summed E-state index contributed by atoms with van der Waals surface area (Å²) in [7, 11) is 1.50. The van der Waals surface area contributed by atoms with Crippen LogP contribution in [0.1, 0.15) is 53.9 Å². The lowest BCUT2D eigenvalue weighted by Gasteiger charge is -2.21. The lowest BCUT2D eigenvalue weighted by Crippen LogP contribution is -2.15. The predicted octanol–water partition coefficient (Wildman–Crippen LogP) is 5.40. The number of rotatable bonds is 5. The monoisotopic (exact) mass is 441 g/mol. The number of pyridine rings is 1. The predicted molar refractivity (Wildman–Crippen MR) is 113 cm³/mol. The minimum atomic E-state index is -4.43. The number of hydrogen-bond acceptors (Lipinski definition) is 6. The number of alkyl halides is 3. The summed E-state index contributed by atoms with van der Waals surface area (Å²) < 4.78 is 45.5. The third-order valence-corrected chi connectivity index (χ3v) is 5.94. The fraction of sp³-hybridized carbons (Fsp3) is 0.391. The van der Waals surface area contributed by atoms with Gasteiger partial charge < -0.3 is 10.1 Å². The van der Waals surface area contributed by atoms with Crippen LogP contribution in [0.25, 0.3) is 11.0 Å². The summed E-state index contributed by atoms with van der Waals surface area (Å²) in [6, 6.07) is 7.84. The number of fused-ring (bicyclic) bond motifs is 1. The molecule has 6 nitrogen and oxygen atoms in total. The SMILES string of the molecule is COc1nc2nc(C)nc(N[C@H](C)c3cccc(C(F)(F)F)c3C)c2cc1C1(C#N)CC1. The Morgan fingerprint density at radius 1 is 1.19 bits per heavy atom. The van der Waals surface area contributed by atoms with Crippen molar-refractivity contribution in [3.05, 3.63) is 52.3 Å². The van der Waals surface area contributed by atoms with E-state index < -0.39 is 23.2 Å².